The average molecular weight is 395 g/mol. The van der Waals surface area contributed by atoms with Gasteiger partial charge in [0.2, 0.25) is 0 Å². The van der Waals surface area contributed by atoms with Gasteiger partial charge in [-0.3, -0.25) is 4.79 Å². The van der Waals surface area contributed by atoms with Crippen LogP contribution >= 0.6 is 23.2 Å². The van der Waals surface area contributed by atoms with Crippen molar-refractivity contribution in [1.29, 1.82) is 0 Å². The lowest BCUT2D eigenvalue weighted by molar-refractivity contribution is -0.139. The van der Waals surface area contributed by atoms with Gasteiger partial charge in [-0.1, -0.05) is 49.2 Å². The molecule has 0 amide bonds. The fraction of sp³-hybridized carbons (Fsp3) is 0.263. The molecule has 0 bridgehead atoms. The van der Waals surface area contributed by atoms with E-state index in [1.807, 2.05) is 26.0 Å². The summed E-state index contributed by atoms with van der Waals surface area (Å²) in [6.45, 7) is 4.36. The first-order chi connectivity index (χ1) is 12.5. The van der Waals surface area contributed by atoms with Gasteiger partial charge in [0.15, 0.2) is 0 Å². The van der Waals surface area contributed by atoms with Gasteiger partial charge in [0.25, 0.3) is 0 Å². The van der Waals surface area contributed by atoms with Crippen LogP contribution in [0.4, 0.5) is 0 Å². The molecule has 26 heavy (non-hydrogen) atoms. The predicted octanol–water partition coefficient (Wildman–Crippen LogP) is 5.19. The van der Waals surface area contributed by atoms with Crippen molar-refractivity contribution in [2.24, 2.45) is 0 Å². The van der Waals surface area contributed by atoms with Crippen LogP contribution in [0.1, 0.15) is 25.2 Å². The molecule has 0 radical (unpaired) electrons. The molecule has 1 N–H and O–H groups in total. The molecule has 3 rings (SSSR count). The summed E-state index contributed by atoms with van der Waals surface area (Å²) >= 11 is 12.1. The van der Waals surface area contributed by atoms with Crippen LogP contribution in [0.2, 0.25) is 10.0 Å². The molecule has 2 aromatic carbocycles. The normalized spacial score (nSPS) is 10.2. The Morgan fingerprint density at radius 1 is 1.15 bits per heavy atom. The second-order valence-electron chi connectivity index (χ2n) is 5.15. The van der Waals surface area contributed by atoms with Crippen molar-refractivity contribution in [2.45, 2.75) is 26.9 Å². The van der Waals surface area contributed by atoms with Crippen LogP contribution in [0.5, 0.6) is 5.75 Å². The van der Waals surface area contributed by atoms with Gasteiger partial charge in [-0.05, 0) is 23.8 Å². The van der Waals surface area contributed by atoms with Crippen molar-refractivity contribution >= 4 is 40.2 Å². The molecule has 0 saturated carbocycles. The van der Waals surface area contributed by atoms with E-state index < -0.39 is 0 Å². The maximum Gasteiger partial charge on any atom is 0.313 e. The maximum atomic E-state index is 11.3. The molecule has 7 heteroatoms. The van der Waals surface area contributed by atoms with Gasteiger partial charge in [0.05, 0.1) is 23.2 Å². The number of hydrogen-bond donors (Lipinski definition) is 1. The minimum Gasteiger partial charge on any atom is -0.487 e. The zero-order chi connectivity index (χ0) is 19.1. The third-order valence-electron chi connectivity index (χ3n) is 3.43. The van der Waals surface area contributed by atoms with Crippen LogP contribution in [0.3, 0.4) is 0 Å². The fourth-order valence-electron chi connectivity index (χ4n) is 2.21. The Bertz CT molecular complexity index is 876. The summed E-state index contributed by atoms with van der Waals surface area (Å²) in [5.41, 5.74) is 2.38. The monoisotopic (exact) mass is 394 g/mol. The molecule has 3 aromatic rings. The first-order valence-electron chi connectivity index (χ1n) is 8.17. The van der Waals surface area contributed by atoms with Gasteiger partial charge in [-0.25, -0.2) is 4.98 Å². The first kappa shape index (κ1) is 20.1. The number of benzene rings is 2. The van der Waals surface area contributed by atoms with Gasteiger partial charge < -0.3 is 14.5 Å². The number of hydrogen-bond acceptors (Lipinski definition) is 4. The van der Waals surface area contributed by atoms with Crippen LogP contribution in [0.15, 0.2) is 36.4 Å². The van der Waals surface area contributed by atoms with E-state index in [9.17, 15) is 4.79 Å². The van der Waals surface area contributed by atoms with Crippen LogP contribution in [-0.4, -0.2) is 23.0 Å². The second kappa shape index (κ2) is 9.46. The number of imidazole rings is 1. The number of ether oxygens (including phenoxy) is 2. The number of aromatic nitrogens is 2. The minimum absolute atomic E-state index is 0.0732. The summed E-state index contributed by atoms with van der Waals surface area (Å²) in [7, 11) is 1.34. The van der Waals surface area contributed by atoms with Gasteiger partial charge in [0.1, 0.15) is 24.6 Å². The first-order valence-corrected chi connectivity index (χ1v) is 8.93. The summed E-state index contributed by atoms with van der Waals surface area (Å²) in [6.07, 6.45) is 0.0732. The van der Waals surface area contributed by atoms with Crippen LogP contribution < -0.4 is 4.74 Å². The third-order valence-corrected chi connectivity index (χ3v) is 3.98. The summed E-state index contributed by atoms with van der Waals surface area (Å²) < 4.78 is 10.4. The van der Waals surface area contributed by atoms with Crippen molar-refractivity contribution in [3.8, 4) is 5.75 Å². The van der Waals surface area contributed by atoms with Gasteiger partial charge in [-0.2, -0.15) is 0 Å². The number of halogens is 2. The SMILES string of the molecule is CC.COC(=O)Cc1nc2cc(OCc3ccc(Cl)cc3)c(Cl)cc2[nH]1. The Kier molecular flexibility index (Phi) is 7.30. The Labute approximate surface area is 162 Å². The highest BCUT2D eigenvalue weighted by molar-refractivity contribution is 6.32. The lowest BCUT2D eigenvalue weighted by atomic mass is 10.2. The molecular weight excluding hydrogens is 375 g/mol. The zero-order valence-corrected chi connectivity index (χ0v) is 16.3. The molecule has 0 aliphatic heterocycles. The highest BCUT2D eigenvalue weighted by Gasteiger charge is 2.12. The maximum absolute atomic E-state index is 11.3. The number of rotatable bonds is 5. The summed E-state index contributed by atoms with van der Waals surface area (Å²) in [6, 6.07) is 10.8. The third kappa shape index (κ3) is 5.13. The number of fused-ring (bicyclic) bond motifs is 1. The number of H-pyrrole nitrogens is 1. The molecule has 0 saturated heterocycles. The number of nitrogens with zero attached hydrogens (tertiary/aromatic N) is 1. The molecule has 0 aliphatic carbocycles. The topological polar surface area (TPSA) is 64.2 Å². The average Bonchev–Trinajstić information content (AvgIpc) is 3.03. The number of aromatic amines is 1. The van der Waals surface area contributed by atoms with Crippen LogP contribution in [-0.2, 0) is 22.6 Å². The van der Waals surface area contributed by atoms with Crippen molar-refractivity contribution in [3.05, 3.63) is 57.8 Å². The van der Waals surface area contributed by atoms with Gasteiger partial charge in [-0.15, -0.1) is 0 Å². The van der Waals surface area contributed by atoms with E-state index in [1.54, 1.807) is 24.3 Å². The number of nitrogens with one attached hydrogen (secondary N) is 1. The predicted molar refractivity (Wildman–Crippen MR) is 104 cm³/mol. The second-order valence-corrected chi connectivity index (χ2v) is 5.99. The van der Waals surface area contributed by atoms with E-state index in [4.69, 9.17) is 27.9 Å². The molecule has 0 unspecified atom stereocenters. The summed E-state index contributed by atoms with van der Waals surface area (Å²) in [5, 5.41) is 1.14. The highest BCUT2D eigenvalue weighted by Crippen LogP contribution is 2.30. The zero-order valence-electron chi connectivity index (χ0n) is 14.8. The fourth-order valence-corrected chi connectivity index (χ4v) is 2.55. The smallest absolute Gasteiger partial charge is 0.313 e. The standard InChI is InChI=1S/C17H14Cl2N2O3.C2H6/c1-23-17(22)8-16-20-13-6-12(19)15(7-14(13)21-16)24-9-10-2-4-11(18)5-3-10;1-2/h2-7H,8-9H2,1H3,(H,20,21);1-2H3. The largest absolute Gasteiger partial charge is 0.487 e. The van der Waals surface area contributed by atoms with Crippen molar-refractivity contribution in [1.82, 2.24) is 9.97 Å². The van der Waals surface area contributed by atoms with E-state index in [-0.39, 0.29) is 12.4 Å². The van der Waals surface area contributed by atoms with E-state index in [0.29, 0.717) is 33.7 Å². The van der Waals surface area contributed by atoms with E-state index in [1.165, 1.54) is 7.11 Å². The summed E-state index contributed by atoms with van der Waals surface area (Å²) in [5.74, 6) is 0.678. The summed E-state index contributed by atoms with van der Waals surface area (Å²) in [4.78, 5) is 18.7. The van der Waals surface area contributed by atoms with Gasteiger partial charge in [0, 0.05) is 11.1 Å². The molecule has 0 atom stereocenters. The molecule has 1 aromatic heterocycles. The number of carbonyl (C=O) groups is 1. The number of methoxy groups -OCH3 is 1. The highest BCUT2D eigenvalue weighted by atomic mass is 35.5. The molecule has 138 valence electrons. The lowest BCUT2D eigenvalue weighted by Gasteiger charge is -2.08. The van der Waals surface area contributed by atoms with E-state index in [2.05, 4.69) is 14.7 Å². The number of esters is 1. The molecular formula is C19H20Cl2N2O3. The van der Waals surface area contributed by atoms with Crippen LogP contribution in [0, 0.1) is 0 Å². The molecule has 0 fully saturated rings. The molecule has 0 aliphatic rings. The minimum atomic E-state index is -0.362. The quantitative estimate of drug-likeness (QED) is 0.604. The lowest BCUT2D eigenvalue weighted by Crippen LogP contribution is -2.05. The molecule has 0 spiro atoms. The van der Waals surface area contributed by atoms with Crippen LogP contribution in [0.25, 0.3) is 11.0 Å². The Morgan fingerprint density at radius 3 is 2.50 bits per heavy atom. The Hall–Kier alpha value is -2.24. The number of carbonyl (C=O) groups excluding carboxylic acids is 1. The van der Waals surface area contributed by atoms with E-state index >= 15 is 0 Å². The van der Waals surface area contributed by atoms with Crippen molar-refractivity contribution < 1.29 is 14.3 Å². The Morgan fingerprint density at radius 2 is 1.85 bits per heavy atom. The van der Waals surface area contributed by atoms with Gasteiger partial charge >= 0.3 is 5.97 Å². The molecule has 5 nitrogen and oxygen atoms in total. The molecule has 1 heterocycles. The Balaban J connectivity index is 0.00000117. The van der Waals surface area contributed by atoms with Crippen molar-refractivity contribution in [3.63, 3.8) is 0 Å². The van der Waals surface area contributed by atoms with Crippen molar-refractivity contribution in [2.75, 3.05) is 7.11 Å². The van der Waals surface area contributed by atoms with E-state index in [0.717, 1.165) is 11.1 Å².